The van der Waals surface area contributed by atoms with Gasteiger partial charge in [-0.1, -0.05) is 11.6 Å². The van der Waals surface area contributed by atoms with Gasteiger partial charge in [0.15, 0.2) is 0 Å². The highest BCUT2D eigenvalue weighted by Crippen LogP contribution is 2.32. The van der Waals surface area contributed by atoms with E-state index in [9.17, 15) is 13.2 Å². The summed E-state index contributed by atoms with van der Waals surface area (Å²) >= 11 is 5.78. The van der Waals surface area contributed by atoms with E-state index in [0.717, 1.165) is 12.8 Å². The van der Waals surface area contributed by atoms with Crippen molar-refractivity contribution in [2.45, 2.75) is 37.1 Å². The van der Waals surface area contributed by atoms with Crippen molar-refractivity contribution in [3.05, 3.63) is 29.3 Å². The van der Waals surface area contributed by atoms with Gasteiger partial charge in [-0.25, -0.2) is 8.42 Å². The summed E-state index contributed by atoms with van der Waals surface area (Å²) in [5, 5.41) is 0.485. The second-order valence-corrected chi connectivity index (χ2v) is 7.18. The lowest BCUT2D eigenvalue weighted by molar-refractivity contribution is -0.143. The average molecular weight is 332 g/mol. The molecule has 0 atom stereocenters. The largest absolute Gasteiger partial charge is 0.466 e. The number of carbonyl (C=O) groups excluding carboxylic acids is 1. The van der Waals surface area contributed by atoms with Gasteiger partial charge in [0, 0.05) is 17.6 Å². The SMILES string of the molecule is CCOC(=O)CCN(C1CC1)S(=O)(=O)c1ccc(Cl)cc1. The summed E-state index contributed by atoms with van der Waals surface area (Å²) in [6.07, 6.45) is 1.72. The van der Waals surface area contributed by atoms with E-state index in [1.807, 2.05) is 0 Å². The summed E-state index contributed by atoms with van der Waals surface area (Å²) in [5.41, 5.74) is 0. The lowest BCUT2D eigenvalue weighted by Gasteiger charge is -2.21. The maximum absolute atomic E-state index is 12.6. The van der Waals surface area contributed by atoms with Crippen molar-refractivity contribution in [3.8, 4) is 0 Å². The first kappa shape index (κ1) is 16.3. The Hall–Kier alpha value is -1.11. The van der Waals surface area contributed by atoms with Gasteiger partial charge in [-0.3, -0.25) is 4.79 Å². The topological polar surface area (TPSA) is 63.7 Å². The number of hydrogen-bond acceptors (Lipinski definition) is 4. The van der Waals surface area contributed by atoms with Gasteiger partial charge in [0.05, 0.1) is 17.9 Å². The molecule has 0 heterocycles. The number of benzene rings is 1. The highest BCUT2D eigenvalue weighted by Gasteiger charge is 2.38. The molecule has 2 rings (SSSR count). The molecular formula is C14H18ClNO4S. The summed E-state index contributed by atoms with van der Waals surface area (Å²) in [6, 6.07) is 6.05. The molecule has 1 aliphatic carbocycles. The number of esters is 1. The first-order valence-electron chi connectivity index (χ1n) is 6.88. The number of sulfonamides is 1. The number of halogens is 1. The van der Waals surface area contributed by atoms with Crippen LogP contribution in [-0.4, -0.2) is 37.9 Å². The molecule has 0 aromatic heterocycles. The van der Waals surface area contributed by atoms with Gasteiger partial charge in [-0.2, -0.15) is 4.31 Å². The molecular weight excluding hydrogens is 314 g/mol. The predicted molar refractivity (Wildman–Crippen MR) is 79.6 cm³/mol. The number of ether oxygens (including phenoxy) is 1. The molecule has 0 amide bonds. The lowest BCUT2D eigenvalue weighted by atomic mass is 10.4. The van der Waals surface area contributed by atoms with Crippen LogP contribution >= 0.6 is 11.6 Å². The molecule has 0 saturated heterocycles. The normalized spacial score (nSPS) is 15.2. The van der Waals surface area contributed by atoms with Crippen LogP contribution in [0.2, 0.25) is 5.02 Å². The van der Waals surface area contributed by atoms with E-state index in [2.05, 4.69) is 0 Å². The Bertz CT molecular complexity index is 596. The van der Waals surface area contributed by atoms with Crippen LogP contribution in [0.15, 0.2) is 29.2 Å². The molecule has 1 saturated carbocycles. The molecule has 1 aromatic carbocycles. The summed E-state index contributed by atoms with van der Waals surface area (Å²) in [4.78, 5) is 11.6. The Balaban J connectivity index is 2.13. The molecule has 0 unspecified atom stereocenters. The Kier molecular flexibility index (Phi) is 5.24. The molecule has 1 aromatic rings. The lowest BCUT2D eigenvalue weighted by Crippen LogP contribution is -2.35. The van der Waals surface area contributed by atoms with Crippen LogP contribution in [0.3, 0.4) is 0 Å². The van der Waals surface area contributed by atoms with Gasteiger partial charge in [0.1, 0.15) is 0 Å². The fourth-order valence-corrected chi connectivity index (χ4v) is 3.85. The third-order valence-electron chi connectivity index (χ3n) is 3.22. The van der Waals surface area contributed by atoms with Gasteiger partial charge in [-0.05, 0) is 44.0 Å². The zero-order valence-electron chi connectivity index (χ0n) is 11.8. The third kappa shape index (κ3) is 4.18. The minimum atomic E-state index is -3.60. The first-order valence-corrected chi connectivity index (χ1v) is 8.70. The highest BCUT2D eigenvalue weighted by molar-refractivity contribution is 7.89. The van der Waals surface area contributed by atoms with Crippen molar-refractivity contribution in [3.63, 3.8) is 0 Å². The van der Waals surface area contributed by atoms with Crippen LogP contribution < -0.4 is 0 Å². The standard InChI is InChI=1S/C14H18ClNO4S/c1-2-20-14(17)9-10-16(12-5-6-12)21(18,19)13-7-3-11(15)4-8-13/h3-4,7-8,12H,2,5-6,9-10H2,1H3. The fraction of sp³-hybridized carbons (Fsp3) is 0.500. The van der Waals surface area contributed by atoms with E-state index in [4.69, 9.17) is 16.3 Å². The minimum Gasteiger partial charge on any atom is -0.466 e. The van der Waals surface area contributed by atoms with Crippen molar-refractivity contribution in [1.29, 1.82) is 0 Å². The van der Waals surface area contributed by atoms with Gasteiger partial charge in [0.2, 0.25) is 10.0 Å². The van der Waals surface area contributed by atoms with Crippen LogP contribution in [0.5, 0.6) is 0 Å². The Morgan fingerprint density at radius 2 is 1.95 bits per heavy atom. The van der Waals surface area contributed by atoms with Gasteiger partial charge >= 0.3 is 5.97 Å². The first-order chi connectivity index (χ1) is 9.95. The van der Waals surface area contributed by atoms with Crippen molar-refractivity contribution in [2.24, 2.45) is 0 Å². The summed E-state index contributed by atoms with van der Waals surface area (Å²) in [7, 11) is -3.60. The van der Waals surface area contributed by atoms with Crippen molar-refractivity contribution < 1.29 is 17.9 Å². The number of rotatable bonds is 7. The highest BCUT2D eigenvalue weighted by atomic mass is 35.5. The quantitative estimate of drug-likeness (QED) is 0.720. The maximum Gasteiger partial charge on any atom is 0.307 e. The second kappa shape index (κ2) is 6.77. The van der Waals surface area contributed by atoms with E-state index in [0.29, 0.717) is 11.6 Å². The molecule has 1 fully saturated rings. The summed E-state index contributed by atoms with van der Waals surface area (Å²) in [6.45, 7) is 2.17. The summed E-state index contributed by atoms with van der Waals surface area (Å²) in [5.74, 6) is -0.380. The molecule has 0 radical (unpaired) electrons. The summed E-state index contributed by atoms with van der Waals surface area (Å²) < 4.78 is 31.5. The van der Waals surface area contributed by atoms with Gasteiger partial charge in [0.25, 0.3) is 0 Å². The Morgan fingerprint density at radius 3 is 2.48 bits per heavy atom. The molecule has 5 nitrogen and oxygen atoms in total. The Labute approximate surface area is 129 Å². The molecule has 0 bridgehead atoms. The van der Waals surface area contributed by atoms with Gasteiger partial charge in [-0.15, -0.1) is 0 Å². The zero-order valence-corrected chi connectivity index (χ0v) is 13.4. The van der Waals surface area contributed by atoms with E-state index in [1.54, 1.807) is 19.1 Å². The van der Waals surface area contributed by atoms with Crippen LogP contribution in [0.4, 0.5) is 0 Å². The van der Waals surface area contributed by atoms with E-state index in [-0.39, 0.29) is 29.9 Å². The second-order valence-electron chi connectivity index (χ2n) is 4.86. The average Bonchev–Trinajstić information content (AvgIpc) is 3.24. The van der Waals surface area contributed by atoms with Crippen LogP contribution in [0.25, 0.3) is 0 Å². The Morgan fingerprint density at radius 1 is 1.33 bits per heavy atom. The van der Waals surface area contributed by atoms with Crippen molar-refractivity contribution in [2.75, 3.05) is 13.2 Å². The fourth-order valence-electron chi connectivity index (χ4n) is 2.04. The molecule has 1 aliphatic rings. The van der Waals surface area contributed by atoms with Gasteiger partial charge < -0.3 is 4.74 Å². The van der Waals surface area contributed by atoms with Crippen LogP contribution in [0.1, 0.15) is 26.2 Å². The molecule has 0 aliphatic heterocycles. The van der Waals surface area contributed by atoms with Crippen molar-refractivity contribution in [1.82, 2.24) is 4.31 Å². The predicted octanol–water partition coefficient (Wildman–Crippen LogP) is 2.45. The number of hydrogen-bond donors (Lipinski definition) is 0. The zero-order chi connectivity index (χ0) is 15.5. The van der Waals surface area contributed by atoms with Crippen LogP contribution in [-0.2, 0) is 19.6 Å². The van der Waals surface area contributed by atoms with E-state index in [1.165, 1.54) is 16.4 Å². The monoisotopic (exact) mass is 331 g/mol. The van der Waals surface area contributed by atoms with E-state index >= 15 is 0 Å². The molecule has 7 heteroatoms. The van der Waals surface area contributed by atoms with E-state index < -0.39 is 10.0 Å². The number of carbonyl (C=O) groups is 1. The van der Waals surface area contributed by atoms with Crippen molar-refractivity contribution >= 4 is 27.6 Å². The molecule has 21 heavy (non-hydrogen) atoms. The minimum absolute atomic E-state index is 0.0138. The third-order valence-corrected chi connectivity index (χ3v) is 5.43. The smallest absolute Gasteiger partial charge is 0.307 e. The molecule has 0 spiro atoms. The van der Waals surface area contributed by atoms with Crippen LogP contribution in [0, 0.1) is 0 Å². The molecule has 116 valence electrons. The number of nitrogens with zero attached hydrogens (tertiary/aromatic N) is 1. The maximum atomic E-state index is 12.6. The molecule has 0 N–H and O–H groups in total.